The van der Waals surface area contributed by atoms with E-state index in [0.29, 0.717) is 28.1 Å². The fourth-order valence-corrected chi connectivity index (χ4v) is 4.43. The average molecular weight is 455 g/mol. The largest absolute Gasteiger partial charge is 0.744 e. The number of hydrogen-bond donors (Lipinski definition) is 0. The van der Waals surface area contributed by atoms with Gasteiger partial charge in [0.05, 0.1) is 10.6 Å². The molecule has 0 N–H and O–H groups in total. The van der Waals surface area contributed by atoms with Gasteiger partial charge in [0.1, 0.15) is 15.9 Å². The zero-order valence-electron chi connectivity index (χ0n) is 18.7. The minimum Gasteiger partial charge on any atom is -0.744 e. The molecule has 0 aliphatic rings. The summed E-state index contributed by atoms with van der Waals surface area (Å²) in [5.74, 6) is 0.789. The van der Waals surface area contributed by atoms with Crippen LogP contribution in [0.1, 0.15) is 45.6 Å². The van der Waals surface area contributed by atoms with E-state index in [2.05, 4.69) is 13.8 Å². The number of benzene rings is 3. The van der Waals surface area contributed by atoms with Crippen molar-refractivity contribution in [3.63, 3.8) is 0 Å². The molecule has 0 bridgehead atoms. The van der Waals surface area contributed by atoms with Gasteiger partial charge in [-0.2, -0.15) is 0 Å². The maximum absolute atomic E-state index is 13.1. The molecule has 7 heteroatoms. The van der Waals surface area contributed by atoms with Crippen molar-refractivity contribution >= 4 is 32.5 Å². The number of hydrogen-bond acceptors (Lipinski definition) is 5. The summed E-state index contributed by atoms with van der Waals surface area (Å²) in [7, 11) is -4.65. The van der Waals surface area contributed by atoms with E-state index in [1.165, 1.54) is 17.7 Å². The molecule has 1 amide bonds. The van der Waals surface area contributed by atoms with E-state index in [-0.39, 0.29) is 23.5 Å². The minimum absolute atomic E-state index is 0.170. The first-order valence-electron chi connectivity index (χ1n) is 10.7. The first-order valence-corrected chi connectivity index (χ1v) is 12.1. The standard InChI is InChI=1S/C25H29NO5S/c1-5-18(4)19-12-14-20(15-13-19)31-16-25(27)26(17(2)3)23-10-6-9-22-21(23)8-7-11-24(22)32(28,29)30/h6-15,17-18H,5,16H2,1-4H3,(H,28,29,30)/p-1. The van der Waals surface area contributed by atoms with Gasteiger partial charge in [-0.25, -0.2) is 8.42 Å². The summed E-state index contributed by atoms with van der Waals surface area (Å²) in [5, 5.41) is 0.810. The van der Waals surface area contributed by atoms with Crippen LogP contribution in [0.2, 0.25) is 0 Å². The van der Waals surface area contributed by atoms with E-state index in [4.69, 9.17) is 4.74 Å². The van der Waals surface area contributed by atoms with Gasteiger partial charge in [0.15, 0.2) is 6.61 Å². The van der Waals surface area contributed by atoms with Crippen LogP contribution in [0.3, 0.4) is 0 Å². The van der Waals surface area contributed by atoms with E-state index >= 15 is 0 Å². The molecular weight excluding hydrogens is 426 g/mol. The van der Waals surface area contributed by atoms with Crippen LogP contribution in [-0.4, -0.2) is 31.5 Å². The topological polar surface area (TPSA) is 86.7 Å². The highest BCUT2D eigenvalue weighted by Crippen LogP contribution is 2.32. The number of anilines is 1. The maximum atomic E-state index is 13.1. The second-order valence-corrected chi connectivity index (χ2v) is 9.46. The SMILES string of the molecule is CCC(C)c1ccc(OCC(=O)N(c2cccc3c(S(=O)(=O)[O-])cccc23)C(C)C)cc1. The quantitative estimate of drug-likeness (QED) is 0.443. The third kappa shape index (κ3) is 5.11. The van der Waals surface area contributed by atoms with E-state index in [0.717, 1.165) is 6.42 Å². The van der Waals surface area contributed by atoms with E-state index in [1.807, 2.05) is 38.1 Å². The lowest BCUT2D eigenvalue weighted by Gasteiger charge is -2.28. The Morgan fingerprint density at radius 3 is 2.19 bits per heavy atom. The maximum Gasteiger partial charge on any atom is 0.265 e. The molecule has 1 atom stereocenters. The Morgan fingerprint density at radius 1 is 0.969 bits per heavy atom. The summed E-state index contributed by atoms with van der Waals surface area (Å²) < 4.78 is 40.8. The van der Waals surface area contributed by atoms with Crippen molar-refractivity contribution in [2.45, 2.75) is 51.0 Å². The van der Waals surface area contributed by atoms with Crippen LogP contribution in [0.15, 0.2) is 65.6 Å². The number of fused-ring (bicyclic) bond motifs is 1. The number of carbonyl (C=O) groups excluding carboxylic acids is 1. The van der Waals surface area contributed by atoms with Crippen LogP contribution < -0.4 is 9.64 Å². The van der Waals surface area contributed by atoms with Gasteiger partial charge in [0, 0.05) is 16.8 Å². The van der Waals surface area contributed by atoms with Gasteiger partial charge in [-0.1, -0.05) is 50.2 Å². The van der Waals surface area contributed by atoms with E-state index in [1.54, 1.807) is 29.2 Å². The highest BCUT2D eigenvalue weighted by molar-refractivity contribution is 7.86. The van der Waals surface area contributed by atoms with Gasteiger partial charge in [-0.3, -0.25) is 4.79 Å². The van der Waals surface area contributed by atoms with Crippen molar-refractivity contribution in [3.8, 4) is 5.75 Å². The third-order valence-electron chi connectivity index (χ3n) is 5.60. The molecule has 0 heterocycles. The van der Waals surface area contributed by atoms with Crippen LogP contribution in [0, 0.1) is 0 Å². The normalized spacial score (nSPS) is 12.7. The summed E-state index contributed by atoms with van der Waals surface area (Å²) in [6.07, 6.45) is 1.04. The molecule has 0 aliphatic heterocycles. The Morgan fingerprint density at radius 2 is 1.59 bits per heavy atom. The van der Waals surface area contributed by atoms with Crippen molar-refractivity contribution in [1.82, 2.24) is 0 Å². The second kappa shape index (κ2) is 9.71. The van der Waals surface area contributed by atoms with Gasteiger partial charge >= 0.3 is 0 Å². The molecule has 0 saturated heterocycles. The van der Waals surface area contributed by atoms with E-state index < -0.39 is 10.1 Å². The van der Waals surface area contributed by atoms with Crippen molar-refractivity contribution in [1.29, 1.82) is 0 Å². The van der Waals surface area contributed by atoms with Crippen molar-refractivity contribution in [3.05, 3.63) is 66.2 Å². The summed E-state index contributed by atoms with van der Waals surface area (Å²) >= 11 is 0. The first-order chi connectivity index (χ1) is 15.1. The molecular formula is C25H28NO5S-. The summed E-state index contributed by atoms with van der Waals surface area (Å²) in [4.78, 5) is 14.4. The molecule has 0 radical (unpaired) electrons. The molecule has 0 fully saturated rings. The minimum atomic E-state index is -4.65. The van der Waals surface area contributed by atoms with Crippen LogP contribution >= 0.6 is 0 Å². The van der Waals surface area contributed by atoms with Gasteiger partial charge in [0.2, 0.25) is 0 Å². The Balaban J connectivity index is 1.88. The van der Waals surface area contributed by atoms with Gasteiger partial charge < -0.3 is 14.2 Å². The second-order valence-electron chi connectivity index (χ2n) is 8.11. The predicted molar refractivity (Wildman–Crippen MR) is 125 cm³/mol. The van der Waals surface area contributed by atoms with Crippen LogP contribution in [0.25, 0.3) is 10.8 Å². The molecule has 170 valence electrons. The lowest BCUT2D eigenvalue weighted by molar-refractivity contribution is -0.120. The molecule has 1 unspecified atom stereocenters. The molecule has 0 aromatic heterocycles. The highest BCUT2D eigenvalue weighted by atomic mass is 32.2. The zero-order valence-corrected chi connectivity index (χ0v) is 19.6. The summed E-state index contributed by atoms with van der Waals surface area (Å²) in [5.41, 5.74) is 1.75. The average Bonchev–Trinajstić information content (AvgIpc) is 2.76. The summed E-state index contributed by atoms with van der Waals surface area (Å²) in [6.45, 7) is 7.86. The molecule has 3 aromatic carbocycles. The molecule has 32 heavy (non-hydrogen) atoms. The Kier molecular flexibility index (Phi) is 7.21. The fourth-order valence-electron chi connectivity index (χ4n) is 3.74. The molecule has 3 aromatic rings. The molecule has 3 rings (SSSR count). The Hall–Kier alpha value is -2.90. The van der Waals surface area contributed by atoms with Gasteiger partial charge in [-0.05, 0) is 56.0 Å². The first kappa shape index (κ1) is 23.8. The number of ether oxygens (including phenoxy) is 1. The predicted octanol–water partition coefficient (Wildman–Crippen LogP) is 5.08. The van der Waals surface area contributed by atoms with Crippen LogP contribution in [-0.2, 0) is 14.9 Å². The molecule has 0 aliphatic carbocycles. The highest BCUT2D eigenvalue weighted by Gasteiger charge is 2.22. The lowest BCUT2D eigenvalue weighted by Crippen LogP contribution is -2.40. The Bertz CT molecular complexity index is 1200. The monoisotopic (exact) mass is 454 g/mol. The number of nitrogens with zero attached hydrogens (tertiary/aromatic N) is 1. The summed E-state index contributed by atoms with van der Waals surface area (Å²) in [6, 6.07) is 17.0. The van der Waals surface area contributed by atoms with Crippen molar-refractivity contribution < 1.29 is 22.5 Å². The third-order valence-corrected chi connectivity index (χ3v) is 6.49. The van der Waals surface area contributed by atoms with Crippen LogP contribution in [0.4, 0.5) is 5.69 Å². The number of carbonyl (C=O) groups is 1. The Labute approximate surface area is 189 Å². The van der Waals surface area contributed by atoms with E-state index in [9.17, 15) is 17.8 Å². The van der Waals surface area contributed by atoms with Crippen molar-refractivity contribution in [2.24, 2.45) is 0 Å². The number of rotatable bonds is 8. The van der Waals surface area contributed by atoms with Crippen LogP contribution in [0.5, 0.6) is 5.75 Å². The van der Waals surface area contributed by atoms with Gasteiger partial charge in [0.25, 0.3) is 5.91 Å². The smallest absolute Gasteiger partial charge is 0.265 e. The van der Waals surface area contributed by atoms with Gasteiger partial charge in [-0.15, -0.1) is 0 Å². The molecule has 0 saturated carbocycles. The zero-order chi connectivity index (χ0) is 23.5. The number of amides is 1. The van der Waals surface area contributed by atoms with Crippen molar-refractivity contribution in [2.75, 3.05) is 11.5 Å². The fraction of sp³-hybridized carbons (Fsp3) is 0.320. The molecule has 6 nitrogen and oxygen atoms in total. The lowest BCUT2D eigenvalue weighted by atomic mass is 9.99. The molecule has 0 spiro atoms.